The summed E-state index contributed by atoms with van der Waals surface area (Å²) in [7, 11) is -3.24. The first-order chi connectivity index (χ1) is 12.8. The molecule has 1 spiro atoms. The standard InChI is InChI=1S/C21H30N2O3S/c1-15-6-9-19(16(2)12-15)22-20(24)18-13-23(27(25,26)17-7-8-17)14-21(18)10-4-3-5-11-21/h6,9,12,17-18H,3-5,7-8,10-11,13-14H2,1-2H3,(H,22,24)/t18-/m1/s1. The van der Waals surface area contributed by atoms with Gasteiger partial charge in [-0.3, -0.25) is 4.79 Å². The van der Waals surface area contributed by atoms with Gasteiger partial charge < -0.3 is 5.32 Å². The molecule has 3 fully saturated rings. The number of rotatable bonds is 4. The molecule has 4 rings (SSSR count). The summed E-state index contributed by atoms with van der Waals surface area (Å²) in [5, 5.41) is 2.90. The van der Waals surface area contributed by atoms with Gasteiger partial charge in [0.15, 0.2) is 0 Å². The van der Waals surface area contributed by atoms with Crippen LogP contribution in [0.15, 0.2) is 18.2 Å². The van der Waals surface area contributed by atoms with E-state index in [9.17, 15) is 13.2 Å². The van der Waals surface area contributed by atoms with E-state index in [0.717, 1.165) is 55.3 Å². The van der Waals surface area contributed by atoms with Gasteiger partial charge in [0.1, 0.15) is 0 Å². The first-order valence-corrected chi connectivity index (χ1v) is 11.7. The van der Waals surface area contributed by atoms with Crippen molar-refractivity contribution in [2.45, 2.75) is 64.0 Å². The third-order valence-corrected chi connectivity index (χ3v) is 9.04. The van der Waals surface area contributed by atoms with Crippen molar-refractivity contribution in [3.63, 3.8) is 0 Å². The maximum Gasteiger partial charge on any atom is 0.229 e. The van der Waals surface area contributed by atoms with E-state index in [1.807, 2.05) is 26.0 Å². The molecule has 1 saturated heterocycles. The summed E-state index contributed by atoms with van der Waals surface area (Å²) >= 11 is 0. The van der Waals surface area contributed by atoms with Crippen molar-refractivity contribution < 1.29 is 13.2 Å². The average molecular weight is 391 g/mol. The second-order valence-corrected chi connectivity index (χ2v) is 11.0. The summed E-state index contributed by atoms with van der Waals surface area (Å²) in [6.07, 6.45) is 6.80. The van der Waals surface area contributed by atoms with Crippen LogP contribution in [0.1, 0.15) is 56.1 Å². The fourth-order valence-corrected chi connectivity index (χ4v) is 6.94. The van der Waals surface area contributed by atoms with Gasteiger partial charge in [0.2, 0.25) is 15.9 Å². The summed E-state index contributed by atoms with van der Waals surface area (Å²) in [5.41, 5.74) is 2.85. The summed E-state index contributed by atoms with van der Waals surface area (Å²) in [6.45, 7) is 4.90. The second-order valence-electron chi connectivity index (χ2n) is 8.82. The van der Waals surface area contributed by atoms with Crippen molar-refractivity contribution in [3.8, 4) is 0 Å². The normalized spacial score (nSPS) is 25.6. The van der Waals surface area contributed by atoms with Gasteiger partial charge in [-0.05, 0) is 56.6 Å². The Morgan fingerprint density at radius 2 is 1.85 bits per heavy atom. The molecule has 1 atom stereocenters. The molecule has 148 valence electrons. The predicted molar refractivity (Wildman–Crippen MR) is 107 cm³/mol. The highest BCUT2D eigenvalue weighted by molar-refractivity contribution is 7.90. The summed E-state index contributed by atoms with van der Waals surface area (Å²) in [5.74, 6) is -0.274. The molecule has 1 aromatic rings. The molecule has 27 heavy (non-hydrogen) atoms. The molecule has 0 radical (unpaired) electrons. The van der Waals surface area contributed by atoms with Crippen LogP contribution >= 0.6 is 0 Å². The maximum atomic E-state index is 13.3. The molecular weight excluding hydrogens is 360 g/mol. The minimum absolute atomic E-state index is 0.0163. The van der Waals surface area contributed by atoms with Crippen LogP contribution in [0, 0.1) is 25.2 Å². The summed E-state index contributed by atoms with van der Waals surface area (Å²) in [6, 6.07) is 6.01. The van der Waals surface area contributed by atoms with Gasteiger partial charge >= 0.3 is 0 Å². The number of anilines is 1. The number of carbonyl (C=O) groups excluding carboxylic acids is 1. The van der Waals surface area contributed by atoms with Crippen molar-refractivity contribution in [2.75, 3.05) is 18.4 Å². The van der Waals surface area contributed by atoms with Crippen molar-refractivity contribution in [2.24, 2.45) is 11.3 Å². The Hall–Kier alpha value is -1.40. The molecular formula is C21H30N2O3S. The smallest absolute Gasteiger partial charge is 0.229 e. The highest BCUT2D eigenvalue weighted by atomic mass is 32.2. The molecule has 0 bridgehead atoms. The van der Waals surface area contributed by atoms with E-state index in [2.05, 4.69) is 11.4 Å². The number of benzene rings is 1. The van der Waals surface area contributed by atoms with E-state index < -0.39 is 10.0 Å². The zero-order chi connectivity index (χ0) is 19.2. The van der Waals surface area contributed by atoms with E-state index in [1.54, 1.807) is 4.31 Å². The van der Waals surface area contributed by atoms with Crippen LogP contribution in [-0.4, -0.2) is 37.0 Å². The molecule has 3 aliphatic rings. The van der Waals surface area contributed by atoms with Gasteiger partial charge in [0.25, 0.3) is 0 Å². The van der Waals surface area contributed by atoms with Crippen LogP contribution in [0.5, 0.6) is 0 Å². The van der Waals surface area contributed by atoms with Gasteiger partial charge in [-0.25, -0.2) is 12.7 Å². The minimum Gasteiger partial charge on any atom is -0.326 e. The Morgan fingerprint density at radius 1 is 1.15 bits per heavy atom. The minimum atomic E-state index is -3.24. The lowest BCUT2D eigenvalue weighted by molar-refractivity contribution is -0.123. The summed E-state index contributed by atoms with van der Waals surface area (Å²) in [4.78, 5) is 13.3. The van der Waals surface area contributed by atoms with Crippen molar-refractivity contribution in [3.05, 3.63) is 29.3 Å². The highest BCUT2D eigenvalue weighted by Crippen LogP contribution is 2.50. The molecule has 1 aromatic carbocycles. The molecule has 6 heteroatoms. The van der Waals surface area contributed by atoms with Crippen LogP contribution in [0.2, 0.25) is 0 Å². The number of hydrogen-bond donors (Lipinski definition) is 1. The Labute approximate surface area is 162 Å². The van der Waals surface area contributed by atoms with Crippen LogP contribution in [-0.2, 0) is 14.8 Å². The zero-order valence-electron chi connectivity index (χ0n) is 16.3. The van der Waals surface area contributed by atoms with E-state index in [0.29, 0.717) is 13.1 Å². The first kappa shape index (κ1) is 18.9. The van der Waals surface area contributed by atoms with E-state index >= 15 is 0 Å². The van der Waals surface area contributed by atoms with Gasteiger partial charge in [0.05, 0.1) is 11.2 Å². The third-order valence-electron chi connectivity index (χ3n) is 6.73. The third kappa shape index (κ3) is 3.54. The quantitative estimate of drug-likeness (QED) is 0.854. The van der Waals surface area contributed by atoms with E-state index in [-0.39, 0.29) is 22.5 Å². The maximum absolute atomic E-state index is 13.3. The first-order valence-electron chi connectivity index (χ1n) is 10.2. The number of hydrogen-bond acceptors (Lipinski definition) is 3. The Balaban J connectivity index is 1.59. The van der Waals surface area contributed by atoms with Crippen molar-refractivity contribution in [1.29, 1.82) is 0 Å². The zero-order valence-corrected chi connectivity index (χ0v) is 17.1. The number of carbonyl (C=O) groups is 1. The van der Waals surface area contributed by atoms with Gasteiger partial charge in [-0.15, -0.1) is 0 Å². The number of nitrogens with zero attached hydrogens (tertiary/aromatic N) is 1. The number of aryl methyl sites for hydroxylation is 2. The van der Waals surface area contributed by atoms with Gasteiger partial charge in [-0.2, -0.15) is 0 Å². The van der Waals surface area contributed by atoms with Gasteiger partial charge in [0, 0.05) is 18.8 Å². The summed E-state index contributed by atoms with van der Waals surface area (Å²) < 4.78 is 27.3. The number of nitrogens with one attached hydrogen (secondary N) is 1. The molecule has 2 aliphatic carbocycles. The molecule has 1 N–H and O–H groups in total. The molecule has 0 unspecified atom stereocenters. The Morgan fingerprint density at radius 3 is 2.48 bits per heavy atom. The van der Waals surface area contributed by atoms with Crippen LogP contribution in [0.3, 0.4) is 0 Å². The molecule has 0 aromatic heterocycles. The second kappa shape index (κ2) is 6.89. The lowest BCUT2D eigenvalue weighted by atomic mass is 9.67. The SMILES string of the molecule is Cc1ccc(NC(=O)[C@H]2CN(S(=O)(=O)C3CC3)CC23CCCCC3)c(C)c1. The molecule has 1 aliphatic heterocycles. The van der Waals surface area contributed by atoms with Crippen molar-refractivity contribution in [1.82, 2.24) is 4.31 Å². The molecule has 1 heterocycles. The van der Waals surface area contributed by atoms with Crippen LogP contribution in [0.4, 0.5) is 5.69 Å². The lowest BCUT2D eigenvalue weighted by Gasteiger charge is -2.37. The monoisotopic (exact) mass is 390 g/mol. The molecule has 1 amide bonds. The topological polar surface area (TPSA) is 66.5 Å². The highest BCUT2D eigenvalue weighted by Gasteiger charge is 2.55. The largest absolute Gasteiger partial charge is 0.326 e. The molecule has 2 saturated carbocycles. The Kier molecular flexibility index (Phi) is 4.83. The van der Waals surface area contributed by atoms with Gasteiger partial charge in [-0.1, -0.05) is 37.0 Å². The number of sulfonamides is 1. The van der Waals surface area contributed by atoms with Crippen LogP contribution < -0.4 is 5.32 Å². The average Bonchev–Trinajstić information content (AvgIpc) is 3.42. The van der Waals surface area contributed by atoms with Crippen LogP contribution in [0.25, 0.3) is 0 Å². The van der Waals surface area contributed by atoms with E-state index in [4.69, 9.17) is 0 Å². The lowest BCUT2D eigenvalue weighted by Crippen LogP contribution is -2.39. The van der Waals surface area contributed by atoms with E-state index in [1.165, 1.54) is 6.42 Å². The molecule has 5 nitrogen and oxygen atoms in total. The van der Waals surface area contributed by atoms with Crippen molar-refractivity contribution >= 4 is 21.6 Å². The fourth-order valence-electron chi connectivity index (χ4n) is 4.99. The predicted octanol–water partition coefficient (Wildman–Crippen LogP) is 3.62. The Bertz CT molecular complexity index is 839. The number of amides is 1. The fraction of sp³-hybridized carbons (Fsp3) is 0.667.